The van der Waals surface area contributed by atoms with Gasteiger partial charge in [-0.3, -0.25) is 38.6 Å². The summed E-state index contributed by atoms with van der Waals surface area (Å²) in [7, 11) is 1.39. The standard InChI is InChI=1S/C33H33N7O4/c1-19-25(28-17-35-26-7-3-4-8-27(26)36-28)18-39(37-19)22-14-20(15-22)6-5-13-34-21-9-10-23-24(16-21)32(43)40(31(23)42)29-11-12-30(41)38(2)33(29)44/h3-4,7-10,16-18,20,22,29,34H,5-6,11-15H2,1-2H3. The van der Waals surface area contributed by atoms with Crippen molar-refractivity contribution in [2.45, 2.75) is 57.5 Å². The Morgan fingerprint density at radius 2 is 1.73 bits per heavy atom. The first-order valence-corrected chi connectivity index (χ1v) is 15.1. The van der Waals surface area contributed by atoms with Crippen molar-refractivity contribution >= 4 is 40.3 Å². The van der Waals surface area contributed by atoms with Gasteiger partial charge in [-0.2, -0.15) is 5.10 Å². The molecule has 1 atom stereocenters. The third-order valence-electron chi connectivity index (χ3n) is 9.20. The number of amides is 4. The molecule has 1 saturated heterocycles. The van der Waals surface area contributed by atoms with Crippen molar-refractivity contribution < 1.29 is 19.2 Å². The quantitative estimate of drug-likeness (QED) is 0.236. The van der Waals surface area contributed by atoms with Crippen LogP contribution in [0.4, 0.5) is 5.69 Å². The number of likely N-dealkylation sites (N-methyl/N-ethyl adjacent to an activating group) is 1. The topological polar surface area (TPSA) is 130 Å². The van der Waals surface area contributed by atoms with E-state index in [-0.39, 0.29) is 29.9 Å². The average Bonchev–Trinajstić information content (AvgIpc) is 3.50. The van der Waals surface area contributed by atoms with Crippen LogP contribution in [0, 0.1) is 12.8 Å². The summed E-state index contributed by atoms with van der Waals surface area (Å²) in [5.41, 5.74) is 5.90. The summed E-state index contributed by atoms with van der Waals surface area (Å²) in [6.07, 6.45) is 8.40. The van der Waals surface area contributed by atoms with Gasteiger partial charge in [-0.15, -0.1) is 0 Å². The predicted octanol–water partition coefficient (Wildman–Crippen LogP) is 4.39. The van der Waals surface area contributed by atoms with Gasteiger partial charge in [0, 0.05) is 37.5 Å². The van der Waals surface area contributed by atoms with Gasteiger partial charge in [0.05, 0.1) is 45.8 Å². The lowest BCUT2D eigenvalue weighted by Crippen LogP contribution is -2.54. The third kappa shape index (κ3) is 4.82. The molecule has 2 aromatic heterocycles. The highest BCUT2D eigenvalue weighted by Gasteiger charge is 2.46. The van der Waals surface area contributed by atoms with Crippen molar-refractivity contribution in [3.63, 3.8) is 0 Å². The number of rotatable bonds is 8. The van der Waals surface area contributed by atoms with E-state index in [0.29, 0.717) is 12.0 Å². The van der Waals surface area contributed by atoms with E-state index in [1.54, 1.807) is 18.2 Å². The van der Waals surface area contributed by atoms with Crippen molar-refractivity contribution in [3.8, 4) is 11.3 Å². The summed E-state index contributed by atoms with van der Waals surface area (Å²) in [6.45, 7) is 2.76. The molecule has 11 nitrogen and oxygen atoms in total. The molecule has 1 saturated carbocycles. The van der Waals surface area contributed by atoms with Gasteiger partial charge in [-0.25, -0.2) is 4.98 Å². The number of anilines is 1. The number of fused-ring (bicyclic) bond motifs is 2. The maximum absolute atomic E-state index is 13.2. The molecule has 0 radical (unpaired) electrons. The van der Waals surface area contributed by atoms with Crippen LogP contribution in [0.2, 0.25) is 0 Å². The molecule has 0 spiro atoms. The van der Waals surface area contributed by atoms with Crippen molar-refractivity contribution in [2.24, 2.45) is 5.92 Å². The van der Waals surface area contributed by atoms with Crippen LogP contribution < -0.4 is 5.32 Å². The van der Waals surface area contributed by atoms with E-state index in [1.807, 2.05) is 37.4 Å². The lowest BCUT2D eigenvalue weighted by molar-refractivity contribution is -0.149. The summed E-state index contributed by atoms with van der Waals surface area (Å²) in [6, 6.07) is 12.4. The molecule has 224 valence electrons. The summed E-state index contributed by atoms with van der Waals surface area (Å²) in [5, 5.41) is 8.17. The minimum absolute atomic E-state index is 0.123. The second-order valence-electron chi connectivity index (χ2n) is 12.0. The Morgan fingerprint density at radius 1 is 0.955 bits per heavy atom. The van der Waals surface area contributed by atoms with Crippen molar-refractivity contribution in [1.29, 1.82) is 0 Å². The first kappa shape index (κ1) is 27.9. The maximum atomic E-state index is 13.2. The molecule has 2 aliphatic heterocycles. The van der Waals surface area contributed by atoms with Crippen LogP contribution in [-0.4, -0.2) is 72.8 Å². The Morgan fingerprint density at radius 3 is 2.55 bits per heavy atom. The summed E-state index contributed by atoms with van der Waals surface area (Å²) in [4.78, 5) is 62.0. The van der Waals surface area contributed by atoms with Crippen molar-refractivity contribution in [3.05, 3.63) is 71.7 Å². The van der Waals surface area contributed by atoms with Crippen LogP contribution >= 0.6 is 0 Å². The number of carbonyl (C=O) groups excluding carboxylic acids is 4. The molecular weight excluding hydrogens is 558 g/mol. The smallest absolute Gasteiger partial charge is 0.262 e. The fourth-order valence-electron chi connectivity index (χ4n) is 6.57. The first-order valence-electron chi connectivity index (χ1n) is 15.1. The molecular formula is C33H33N7O4. The minimum atomic E-state index is -0.947. The number of aryl methyl sites for hydroxylation is 1. The molecule has 3 aliphatic rings. The number of nitrogens with one attached hydrogen (secondary N) is 1. The largest absolute Gasteiger partial charge is 0.385 e. The predicted molar refractivity (Wildman–Crippen MR) is 163 cm³/mol. The zero-order chi connectivity index (χ0) is 30.5. The number of aromatic nitrogens is 4. The Labute approximate surface area is 254 Å². The molecule has 4 aromatic rings. The number of imide groups is 2. The molecule has 4 heterocycles. The maximum Gasteiger partial charge on any atom is 0.262 e. The molecule has 1 N–H and O–H groups in total. The Bertz CT molecular complexity index is 1830. The van der Waals surface area contributed by atoms with Crippen molar-refractivity contribution in [2.75, 3.05) is 18.9 Å². The molecule has 1 unspecified atom stereocenters. The average molecular weight is 592 g/mol. The van der Waals surface area contributed by atoms with E-state index in [0.717, 1.165) is 75.7 Å². The second kappa shape index (κ2) is 11.0. The van der Waals surface area contributed by atoms with Gasteiger partial charge in [0.15, 0.2) is 0 Å². The number of para-hydroxylation sites is 2. The third-order valence-corrected chi connectivity index (χ3v) is 9.20. The van der Waals surface area contributed by atoms with Crippen LogP contribution in [0.3, 0.4) is 0 Å². The summed E-state index contributed by atoms with van der Waals surface area (Å²) in [5.74, 6) is -1.16. The molecule has 4 amide bonds. The lowest BCUT2D eigenvalue weighted by atomic mass is 9.77. The van der Waals surface area contributed by atoms with E-state index >= 15 is 0 Å². The highest BCUT2D eigenvalue weighted by atomic mass is 16.2. The van der Waals surface area contributed by atoms with Crippen LogP contribution in [0.25, 0.3) is 22.3 Å². The Kier molecular flexibility index (Phi) is 6.95. The fraction of sp³-hybridized carbons (Fsp3) is 0.364. The minimum Gasteiger partial charge on any atom is -0.385 e. The van der Waals surface area contributed by atoms with E-state index in [9.17, 15) is 19.2 Å². The van der Waals surface area contributed by atoms with Gasteiger partial charge in [0.1, 0.15) is 6.04 Å². The highest BCUT2D eigenvalue weighted by molar-refractivity contribution is 6.23. The first-order chi connectivity index (χ1) is 21.3. The monoisotopic (exact) mass is 591 g/mol. The SMILES string of the molecule is Cc1nn(C2CC(CCCNc3ccc4c(c3)C(=O)N(C3CCC(=O)N(C)C3=O)C4=O)C2)cc1-c1cnc2ccccc2n1. The van der Waals surface area contributed by atoms with E-state index < -0.39 is 23.8 Å². The summed E-state index contributed by atoms with van der Waals surface area (Å²) >= 11 is 0. The van der Waals surface area contributed by atoms with Gasteiger partial charge < -0.3 is 5.32 Å². The number of carbonyl (C=O) groups is 4. The van der Waals surface area contributed by atoms with Crippen LogP contribution in [0.15, 0.2) is 54.9 Å². The van der Waals surface area contributed by atoms with E-state index in [1.165, 1.54) is 7.05 Å². The second-order valence-corrected chi connectivity index (χ2v) is 12.0. The van der Waals surface area contributed by atoms with Gasteiger partial charge in [0.2, 0.25) is 5.91 Å². The lowest BCUT2D eigenvalue weighted by Gasteiger charge is -2.35. The normalized spacial score (nSPS) is 21.6. The van der Waals surface area contributed by atoms with Crippen LogP contribution in [-0.2, 0) is 9.59 Å². The van der Waals surface area contributed by atoms with E-state index in [4.69, 9.17) is 10.1 Å². The van der Waals surface area contributed by atoms with E-state index in [2.05, 4.69) is 21.2 Å². The van der Waals surface area contributed by atoms with Crippen molar-refractivity contribution in [1.82, 2.24) is 29.5 Å². The molecule has 0 bridgehead atoms. The van der Waals surface area contributed by atoms with Crippen LogP contribution in [0.5, 0.6) is 0 Å². The Balaban J connectivity index is 0.905. The highest BCUT2D eigenvalue weighted by Crippen LogP contribution is 2.41. The fourth-order valence-corrected chi connectivity index (χ4v) is 6.57. The Hall–Kier alpha value is -4.93. The molecule has 1 aliphatic carbocycles. The number of piperidine rings is 1. The molecule has 2 aromatic carbocycles. The molecule has 7 rings (SSSR count). The summed E-state index contributed by atoms with van der Waals surface area (Å²) < 4.78 is 2.08. The number of hydrogen-bond donors (Lipinski definition) is 1. The van der Waals surface area contributed by atoms with Crippen LogP contribution in [0.1, 0.15) is 71.0 Å². The molecule has 2 fully saturated rings. The number of likely N-dealkylation sites (tertiary alicyclic amines) is 1. The number of nitrogens with zero attached hydrogens (tertiary/aromatic N) is 6. The molecule has 44 heavy (non-hydrogen) atoms. The van der Waals surface area contributed by atoms with Gasteiger partial charge in [-0.05, 0) is 75.3 Å². The molecule has 11 heteroatoms. The van der Waals surface area contributed by atoms with Gasteiger partial charge in [0.25, 0.3) is 17.7 Å². The zero-order valence-electron chi connectivity index (χ0n) is 24.7. The number of hydrogen-bond acceptors (Lipinski definition) is 8. The van der Waals surface area contributed by atoms with Gasteiger partial charge >= 0.3 is 0 Å². The zero-order valence-corrected chi connectivity index (χ0v) is 24.7. The van der Waals surface area contributed by atoms with Gasteiger partial charge in [-0.1, -0.05) is 12.1 Å². The number of benzene rings is 2.